The van der Waals surface area contributed by atoms with Crippen LogP contribution >= 0.6 is 15.9 Å². The summed E-state index contributed by atoms with van der Waals surface area (Å²) in [5, 5.41) is 3.06. The summed E-state index contributed by atoms with van der Waals surface area (Å²) in [6.45, 7) is 4.99. The Morgan fingerprint density at radius 3 is 2.55 bits per heavy atom. The Bertz CT molecular complexity index is 926. The van der Waals surface area contributed by atoms with Gasteiger partial charge in [0.1, 0.15) is 11.5 Å². The van der Waals surface area contributed by atoms with E-state index in [1.165, 1.54) is 0 Å². The van der Waals surface area contributed by atoms with Crippen LogP contribution in [0.1, 0.15) is 30.9 Å². The third kappa shape index (κ3) is 6.23. The summed E-state index contributed by atoms with van der Waals surface area (Å²) in [5.41, 5.74) is 2.00. The molecule has 1 saturated heterocycles. The first-order valence-electron chi connectivity index (χ1n) is 10.5. The molecule has 2 aromatic rings. The minimum atomic E-state index is -0.607. The highest BCUT2D eigenvalue weighted by Gasteiger charge is 2.26. The van der Waals surface area contributed by atoms with E-state index in [-0.39, 0.29) is 17.9 Å². The van der Waals surface area contributed by atoms with Crippen LogP contribution < -0.4 is 14.8 Å². The first-order valence-corrected chi connectivity index (χ1v) is 11.3. The molecule has 166 valence electrons. The fourth-order valence-corrected chi connectivity index (χ4v) is 4.25. The molecule has 1 fully saturated rings. The molecule has 7 heteroatoms. The molecule has 1 heterocycles. The Labute approximate surface area is 192 Å². The lowest BCUT2D eigenvalue weighted by Gasteiger charge is -2.33. The molecule has 0 radical (unpaired) electrons. The minimum absolute atomic E-state index is 0.0373. The van der Waals surface area contributed by atoms with Crippen molar-refractivity contribution in [2.24, 2.45) is 0 Å². The van der Waals surface area contributed by atoms with Crippen molar-refractivity contribution in [1.82, 2.24) is 10.2 Å². The number of hydrogen-bond donors (Lipinski definition) is 1. The van der Waals surface area contributed by atoms with Crippen LogP contribution in [0.3, 0.4) is 0 Å². The van der Waals surface area contributed by atoms with Gasteiger partial charge >= 0.3 is 0 Å². The summed E-state index contributed by atoms with van der Waals surface area (Å²) in [4.78, 5) is 27.1. The molecule has 1 atom stereocenters. The zero-order valence-electron chi connectivity index (χ0n) is 18.2. The molecular weight excluding hydrogens is 460 g/mol. The van der Waals surface area contributed by atoms with E-state index in [9.17, 15) is 9.59 Å². The van der Waals surface area contributed by atoms with E-state index in [2.05, 4.69) is 21.2 Å². The molecule has 1 unspecified atom stereocenters. The molecular formula is C24H29BrN2O4. The fraction of sp³-hybridized carbons (Fsp3) is 0.417. The maximum atomic E-state index is 12.7. The Balaban J connectivity index is 1.46. The van der Waals surface area contributed by atoms with Gasteiger partial charge in [0.2, 0.25) is 5.91 Å². The number of halogens is 1. The van der Waals surface area contributed by atoms with Gasteiger partial charge in [-0.2, -0.15) is 0 Å². The average Bonchev–Trinajstić information content (AvgIpc) is 2.76. The summed E-state index contributed by atoms with van der Waals surface area (Å²) in [6, 6.07) is 13.4. The van der Waals surface area contributed by atoms with Gasteiger partial charge in [-0.15, -0.1) is 0 Å². The number of benzene rings is 2. The van der Waals surface area contributed by atoms with Gasteiger partial charge < -0.3 is 19.7 Å². The molecule has 3 rings (SSSR count). The van der Waals surface area contributed by atoms with Crippen molar-refractivity contribution in [3.63, 3.8) is 0 Å². The second-order valence-corrected chi connectivity index (χ2v) is 8.70. The fourth-order valence-electron chi connectivity index (χ4n) is 3.66. The van der Waals surface area contributed by atoms with E-state index in [0.29, 0.717) is 25.3 Å². The van der Waals surface area contributed by atoms with Gasteiger partial charge in [-0.3, -0.25) is 9.59 Å². The van der Waals surface area contributed by atoms with Gasteiger partial charge in [-0.1, -0.05) is 24.3 Å². The Morgan fingerprint density at radius 2 is 1.87 bits per heavy atom. The third-order valence-electron chi connectivity index (χ3n) is 5.49. The van der Waals surface area contributed by atoms with Gasteiger partial charge in [-0.05, 0) is 66.4 Å². The monoisotopic (exact) mass is 488 g/mol. The zero-order chi connectivity index (χ0) is 22.4. The molecule has 1 aliphatic rings. The molecule has 0 spiro atoms. The molecule has 6 nitrogen and oxygen atoms in total. The number of methoxy groups -OCH3 is 1. The summed E-state index contributed by atoms with van der Waals surface area (Å²) < 4.78 is 12.0. The molecule has 1 N–H and O–H groups in total. The van der Waals surface area contributed by atoms with Gasteiger partial charge in [0.15, 0.2) is 6.10 Å². The lowest BCUT2D eigenvalue weighted by Crippen LogP contribution is -2.49. The van der Waals surface area contributed by atoms with E-state index in [4.69, 9.17) is 9.47 Å². The Hall–Kier alpha value is -2.54. The predicted octanol–water partition coefficient (Wildman–Crippen LogP) is 3.88. The first-order chi connectivity index (χ1) is 14.9. The molecule has 0 aromatic heterocycles. The van der Waals surface area contributed by atoms with Crippen molar-refractivity contribution in [3.8, 4) is 11.5 Å². The number of carbonyl (C=O) groups is 2. The number of amides is 2. The second-order valence-electron chi connectivity index (χ2n) is 7.85. The minimum Gasteiger partial charge on any atom is -0.496 e. The average molecular weight is 489 g/mol. The van der Waals surface area contributed by atoms with Crippen LogP contribution in [-0.4, -0.2) is 49.1 Å². The SMILES string of the molecule is COc1ccccc1CC(=O)N1CCC(NC(=O)C(C)Oc2ccc(C)cc2Br)CC1. The molecule has 2 aromatic carbocycles. The topological polar surface area (TPSA) is 67.9 Å². The number of aryl methyl sites for hydroxylation is 1. The summed E-state index contributed by atoms with van der Waals surface area (Å²) in [6.07, 6.45) is 1.16. The third-order valence-corrected chi connectivity index (χ3v) is 6.11. The van der Waals surface area contributed by atoms with Crippen LogP contribution in [0.15, 0.2) is 46.9 Å². The maximum Gasteiger partial charge on any atom is 0.260 e. The van der Waals surface area contributed by atoms with Crippen LogP contribution in [0.25, 0.3) is 0 Å². The highest BCUT2D eigenvalue weighted by atomic mass is 79.9. The number of likely N-dealkylation sites (tertiary alicyclic amines) is 1. The van der Waals surface area contributed by atoms with Crippen LogP contribution in [0.5, 0.6) is 11.5 Å². The van der Waals surface area contributed by atoms with Crippen molar-refractivity contribution in [2.45, 2.75) is 45.3 Å². The standard InChI is InChI=1S/C24H29BrN2O4/c1-16-8-9-22(20(25)14-16)31-17(2)24(29)26-19-10-12-27(13-11-19)23(28)15-18-6-4-5-7-21(18)30-3/h4-9,14,17,19H,10-13,15H2,1-3H3,(H,26,29). The van der Waals surface area contributed by atoms with Crippen LogP contribution in [0.4, 0.5) is 0 Å². The van der Waals surface area contributed by atoms with Gasteiger partial charge in [0, 0.05) is 24.7 Å². The molecule has 0 aliphatic carbocycles. The van der Waals surface area contributed by atoms with Gasteiger partial charge in [0.05, 0.1) is 18.0 Å². The zero-order valence-corrected chi connectivity index (χ0v) is 19.8. The quantitative estimate of drug-likeness (QED) is 0.641. The maximum absolute atomic E-state index is 12.7. The number of carbonyl (C=O) groups excluding carboxylic acids is 2. The van der Waals surface area contributed by atoms with Crippen molar-refractivity contribution in [2.75, 3.05) is 20.2 Å². The molecule has 31 heavy (non-hydrogen) atoms. The first kappa shape index (κ1) is 23.1. The van der Waals surface area contributed by atoms with Crippen molar-refractivity contribution in [3.05, 3.63) is 58.1 Å². The van der Waals surface area contributed by atoms with Gasteiger partial charge in [-0.25, -0.2) is 0 Å². The van der Waals surface area contributed by atoms with E-state index >= 15 is 0 Å². The van der Waals surface area contributed by atoms with Crippen LogP contribution in [-0.2, 0) is 16.0 Å². The number of hydrogen-bond acceptors (Lipinski definition) is 4. The van der Waals surface area contributed by atoms with Gasteiger partial charge in [0.25, 0.3) is 5.91 Å². The molecule has 1 aliphatic heterocycles. The number of piperidine rings is 1. The summed E-state index contributed by atoms with van der Waals surface area (Å²) in [7, 11) is 1.61. The molecule has 0 saturated carbocycles. The Kier molecular flexibility index (Phi) is 7.96. The molecule has 0 bridgehead atoms. The number of nitrogens with zero attached hydrogens (tertiary/aromatic N) is 1. The predicted molar refractivity (Wildman–Crippen MR) is 123 cm³/mol. The van der Waals surface area contributed by atoms with E-state index in [1.807, 2.05) is 54.3 Å². The van der Waals surface area contributed by atoms with Crippen molar-refractivity contribution < 1.29 is 19.1 Å². The lowest BCUT2D eigenvalue weighted by molar-refractivity contribution is -0.132. The lowest BCUT2D eigenvalue weighted by atomic mass is 10.0. The van der Waals surface area contributed by atoms with Crippen molar-refractivity contribution >= 4 is 27.7 Å². The number of rotatable bonds is 7. The summed E-state index contributed by atoms with van der Waals surface area (Å²) >= 11 is 3.47. The summed E-state index contributed by atoms with van der Waals surface area (Å²) in [5.74, 6) is 1.30. The second kappa shape index (κ2) is 10.7. The van der Waals surface area contributed by atoms with Crippen molar-refractivity contribution in [1.29, 1.82) is 0 Å². The molecule has 2 amide bonds. The Morgan fingerprint density at radius 1 is 1.16 bits per heavy atom. The highest BCUT2D eigenvalue weighted by Crippen LogP contribution is 2.27. The number of para-hydroxylation sites is 1. The van der Waals surface area contributed by atoms with E-state index in [1.54, 1.807) is 14.0 Å². The largest absolute Gasteiger partial charge is 0.496 e. The van der Waals surface area contributed by atoms with Crippen LogP contribution in [0.2, 0.25) is 0 Å². The smallest absolute Gasteiger partial charge is 0.260 e. The van der Waals surface area contributed by atoms with Crippen LogP contribution in [0, 0.1) is 6.92 Å². The number of nitrogens with one attached hydrogen (secondary N) is 1. The highest BCUT2D eigenvalue weighted by molar-refractivity contribution is 9.10. The normalized spacial score (nSPS) is 15.3. The van der Waals surface area contributed by atoms with E-state index in [0.717, 1.165) is 34.2 Å². The van der Waals surface area contributed by atoms with E-state index < -0.39 is 6.10 Å². The number of ether oxygens (including phenoxy) is 2.